The van der Waals surface area contributed by atoms with Crippen molar-refractivity contribution >= 4 is 41.7 Å². The van der Waals surface area contributed by atoms with Crippen molar-refractivity contribution in [3.63, 3.8) is 0 Å². The fourth-order valence-electron chi connectivity index (χ4n) is 4.36. The number of nitrogens with zero attached hydrogens (tertiary/aromatic N) is 4. The summed E-state index contributed by atoms with van der Waals surface area (Å²) < 4.78 is 5.81. The van der Waals surface area contributed by atoms with Crippen molar-refractivity contribution in [3.8, 4) is 0 Å². The summed E-state index contributed by atoms with van der Waals surface area (Å²) in [5.41, 5.74) is 6.48. The number of likely N-dealkylation sites (tertiary alicyclic amines) is 1. The van der Waals surface area contributed by atoms with Crippen LogP contribution in [0.4, 0.5) is 5.82 Å². The first kappa shape index (κ1) is 25.6. The van der Waals surface area contributed by atoms with Gasteiger partial charge in [0.15, 0.2) is 5.96 Å². The summed E-state index contributed by atoms with van der Waals surface area (Å²) in [6, 6.07) is 4.18. The van der Waals surface area contributed by atoms with Gasteiger partial charge in [-0.3, -0.25) is 4.79 Å². The Bertz CT molecular complexity index is 719. The minimum absolute atomic E-state index is 0. The summed E-state index contributed by atoms with van der Waals surface area (Å²) in [7, 11) is 0. The number of hydrogen-bond acceptors (Lipinski definition) is 5. The number of anilines is 1. The largest absolute Gasteiger partial charge is 0.372 e. The number of carbonyl (C=O) groups is 1. The van der Waals surface area contributed by atoms with Crippen molar-refractivity contribution < 1.29 is 9.53 Å². The average molecular weight is 544 g/mol. The van der Waals surface area contributed by atoms with Crippen LogP contribution >= 0.6 is 24.0 Å². The maximum Gasteiger partial charge on any atom is 0.217 e. The third-order valence-electron chi connectivity index (χ3n) is 5.61. The van der Waals surface area contributed by atoms with Crippen molar-refractivity contribution in [1.29, 1.82) is 0 Å². The molecule has 9 heteroatoms. The van der Waals surface area contributed by atoms with Gasteiger partial charge in [0.25, 0.3) is 0 Å². The maximum atomic E-state index is 11.3. The van der Waals surface area contributed by atoms with E-state index in [-0.39, 0.29) is 42.1 Å². The number of carbonyl (C=O) groups excluding carboxylic acids is 1. The third-order valence-corrected chi connectivity index (χ3v) is 5.61. The number of nitrogens with two attached hydrogens (primary N) is 1. The summed E-state index contributed by atoms with van der Waals surface area (Å²) >= 11 is 0. The van der Waals surface area contributed by atoms with Crippen LogP contribution in [0.25, 0.3) is 0 Å². The molecule has 0 bridgehead atoms. The third kappa shape index (κ3) is 7.78. The van der Waals surface area contributed by atoms with E-state index in [1.165, 1.54) is 0 Å². The summed E-state index contributed by atoms with van der Waals surface area (Å²) in [4.78, 5) is 25.3. The highest BCUT2D eigenvalue weighted by molar-refractivity contribution is 14.0. The van der Waals surface area contributed by atoms with E-state index in [1.54, 1.807) is 0 Å². The number of morpholine rings is 1. The Morgan fingerprint density at radius 3 is 2.65 bits per heavy atom. The molecule has 2 aliphatic rings. The number of rotatable bonds is 6. The van der Waals surface area contributed by atoms with Gasteiger partial charge < -0.3 is 25.6 Å². The second kappa shape index (κ2) is 12.4. The minimum atomic E-state index is -0.223. The molecular weight excluding hydrogens is 507 g/mol. The van der Waals surface area contributed by atoms with Gasteiger partial charge in [-0.15, -0.1) is 24.0 Å². The topological polar surface area (TPSA) is 96.1 Å². The van der Waals surface area contributed by atoms with E-state index in [0.29, 0.717) is 18.9 Å². The molecule has 0 saturated carbocycles. The van der Waals surface area contributed by atoms with Gasteiger partial charge in [0, 0.05) is 45.3 Å². The van der Waals surface area contributed by atoms with Gasteiger partial charge in [-0.25, -0.2) is 9.98 Å². The first-order valence-corrected chi connectivity index (χ1v) is 11.1. The van der Waals surface area contributed by atoms with Gasteiger partial charge >= 0.3 is 0 Å². The molecule has 3 unspecified atom stereocenters. The maximum absolute atomic E-state index is 11.3. The number of aliphatic imine (C=N–C) groups is 1. The lowest BCUT2D eigenvalue weighted by Gasteiger charge is -2.36. The minimum Gasteiger partial charge on any atom is -0.372 e. The Hall–Kier alpha value is -1.62. The van der Waals surface area contributed by atoms with E-state index in [4.69, 9.17) is 15.5 Å². The summed E-state index contributed by atoms with van der Waals surface area (Å²) in [5.74, 6) is 1.96. The second-order valence-electron chi connectivity index (χ2n) is 8.48. The van der Waals surface area contributed by atoms with Crippen LogP contribution in [0, 0.1) is 5.92 Å². The van der Waals surface area contributed by atoms with Crippen molar-refractivity contribution in [2.45, 2.75) is 58.8 Å². The lowest BCUT2D eigenvalue weighted by Crippen LogP contribution is -2.47. The molecule has 1 aromatic rings. The van der Waals surface area contributed by atoms with Gasteiger partial charge in [-0.2, -0.15) is 0 Å². The van der Waals surface area contributed by atoms with E-state index >= 15 is 0 Å². The van der Waals surface area contributed by atoms with Gasteiger partial charge in [-0.05, 0) is 51.2 Å². The number of ether oxygens (including phenoxy) is 1. The molecule has 31 heavy (non-hydrogen) atoms. The smallest absolute Gasteiger partial charge is 0.217 e. The van der Waals surface area contributed by atoms with Crippen LogP contribution in [0.15, 0.2) is 23.3 Å². The Morgan fingerprint density at radius 2 is 2.03 bits per heavy atom. The standard InChI is InChI=1S/C22H36N6O2.HI/c1-4-24-22(27-9-5-6-18(15-27)10-20(23)29)26-12-19-7-8-21(25-11-19)28-13-16(2)30-17(3)14-28;/h7-8,11,16-18H,4-6,9-10,12-15H2,1-3H3,(H2,23,29)(H,24,26);1H. The molecule has 1 aromatic heterocycles. The zero-order valence-electron chi connectivity index (χ0n) is 18.9. The van der Waals surface area contributed by atoms with Gasteiger partial charge in [0.2, 0.25) is 5.91 Å². The van der Waals surface area contributed by atoms with E-state index in [9.17, 15) is 4.79 Å². The zero-order valence-corrected chi connectivity index (χ0v) is 21.2. The molecule has 0 aromatic carbocycles. The molecule has 3 N–H and O–H groups in total. The number of halogens is 1. The predicted octanol–water partition coefficient (Wildman–Crippen LogP) is 2.37. The molecule has 174 valence electrons. The number of guanidine groups is 1. The lowest BCUT2D eigenvalue weighted by atomic mass is 9.95. The van der Waals surface area contributed by atoms with Gasteiger partial charge in [0.1, 0.15) is 5.82 Å². The highest BCUT2D eigenvalue weighted by Gasteiger charge is 2.24. The van der Waals surface area contributed by atoms with Crippen LogP contribution in [-0.4, -0.2) is 66.7 Å². The van der Waals surface area contributed by atoms with E-state index < -0.39 is 0 Å². The van der Waals surface area contributed by atoms with Crippen molar-refractivity contribution in [2.75, 3.05) is 37.6 Å². The second-order valence-corrected chi connectivity index (χ2v) is 8.48. The highest BCUT2D eigenvalue weighted by atomic mass is 127. The van der Waals surface area contributed by atoms with Gasteiger partial charge in [-0.1, -0.05) is 6.07 Å². The predicted molar refractivity (Wildman–Crippen MR) is 135 cm³/mol. The van der Waals surface area contributed by atoms with Crippen LogP contribution in [0.1, 0.15) is 45.6 Å². The SMILES string of the molecule is CCNC(=NCc1ccc(N2CC(C)OC(C)C2)nc1)N1CCCC(CC(N)=O)C1.I. The number of hydrogen-bond donors (Lipinski definition) is 2. The van der Waals surface area contributed by atoms with Crippen molar-refractivity contribution in [1.82, 2.24) is 15.2 Å². The first-order chi connectivity index (χ1) is 14.4. The fourth-order valence-corrected chi connectivity index (χ4v) is 4.36. The Labute approximate surface area is 203 Å². The van der Waals surface area contributed by atoms with Crippen LogP contribution in [0.3, 0.4) is 0 Å². The van der Waals surface area contributed by atoms with Gasteiger partial charge in [0.05, 0.1) is 18.8 Å². The quantitative estimate of drug-likeness (QED) is 0.325. The number of primary amides is 1. The molecule has 0 radical (unpaired) electrons. The monoisotopic (exact) mass is 544 g/mol. The van der Waals surface area contributed by atoms with E-state index in [0.717, 1.165) is 62.9 Å². The number of pyridine rings is 1. The van der Waals surface area contributed by atoms with Crippen LogP contribution in [0.2, 0.25) is 0 Å². The summed E-state index contributed by atoms with van der Waals surface area (Å²) in [5, 5.41) is 3.39. The highest BCUT2D eigenvalue weighted by Crippen LogP contribution is 2.20. The normalized spacial score (nSPS) is 24.5. The van der Waals surface area contributed by atoms with Crippen LogP contribution < -0.4 is 16.0 Å². The molecule has 0 aliphatic carbocycles. The Morgan fingerprint density at radius 1 is 1.29 bits per heavy atom. The number of nitrogens with one attached hydrogen (secondary N) is 1. The van der Waals surface area contributed by atoms with Crippen molar-refractivity contribution in [2.24, 2.45) is 16.6 Å². The van der Waals surface area contributed by atoms with Crippen LogP contribution in [0.5, 0.6) is 0 Å². The number of piperidine rings is 1. The van der Waals surface area contributed by atoms with Crippen molar-refractivity contribution in [3.05, 3.63) is 23.9 Å². The number of amides is 1. The van der Waals surface area contributed by atoms with Crippen LogP contribution in [-0.2, 0) is 16.1 Å². The van der Waals surface area contributed by atoms with E-state index in [2.05, 4.69) is 53.0 Å². The summed E-state index contributed by atoms with van der Waals surface area (Å²) in [6.45, 7) is 11.1. The fraction of sp³-hybridized carbons (Fsp3) is 0.682. The lowest BCUT2D eigenvalue weighted by molar-refractivity contribution is -0.119. The molecule has 2 saturated heterocycles. The molecule has 2 aliphatic heterocycles. The zero-order chi connectivity index (χ0) is 21.5. The Balaban J connectivity index is 0.00000341. The first-order valence-electron chi connectivity index (χ1n) is 11.1. The number of aromatic nitrogens is 1. The molecule has 3 heterocycles. The molecular formula is C22H37IN6O2. The average Bonchev–Trinajstić information content (AvgIpc) is 2.70. The summed E-state index contributed by atoms with van der Waals surface area (Å²) in [6.07, 6.45) is 4.88. The molecule has 8 nitrogen and oxygen atoms in total. The van der Waals surface area contributed by atoms with E-state index in [1.807, 2.05) is 6.20 Å². The molecule has 3 atom stereocenters. The molecule has 0 spiro atoms. The molecule has 2 fully saturated rings. The Kier molecular flexibility index (Phi) is 10.3. The molecule has 1 amide bonds. The molecule has 3 rings (SSSR count).